The van der Waals surface area contributed by atoms with Crippen molar-refractivity contribution < 1.29 is 9.53 Å². The van der Waals surface area contributed by atoms with Crippen molar-refractivity contribution >= 4 is 11.7 Å². The first kappa shape index (κ1) is 19.7. The molecule has 1 fully saturated rings. The molecule has 1 aromatic heterocycles. The van der Waals surface area contributed by atoms with E-state index in [9.17, 15) is 4.79 Å². The first-order valence-electron chi connectivity index (χ1n) is 9.63. The minimum absolute atomic E-state index is 0.0361. The molecule has 2 aromatic rings. The summed E-state index contributed by atoms with van der Waals surface area (Å²) < 4.78 is 5.40. The van der Waals surface area contributed by atoms with E-state index in [4.69, 9.17) is 10.00 Å². The molecule has 1 amide bonds. The van der Waals surface area contributed by atoms with Crippen molar-refractivity contribution in [1.82, 2.24) is 10.3 Å². The fourth-order valence-electron chi connectivity index (χ4n) is 3.58. The van der Waals surface area contributed by atoms with Gasteiger partial charge in [-0.25, -0.2) is 4.98 Å². The number of anilines is 1. The molecule has 0 unspecified atom stereocenters. The van der Waals surface area contributed by atoms with Crippen molar-refractivity contribution in [3.63, 3.8) is 0 Å². The summed E-state index contributed by atoms with van der Waals surface area (Å²) in [6, 6.07) is 11.8. The highest BCUT2D eigenvalue weighted by atomic mass is 16.5. The number of nitrogens with zero attached hydrogens (tertiary/aromatic N) is 3. The zero-order chi connectivity index (χ0) is 19.9. The van der Waals surface area contributed by atoms with Gasteiger partial charge in [0.2, 0.25) is 5.91 Å². The first-order valence-corrected chi connectivity index (χ1v) is 9.63. The molecule has 0 bridgehead atoms. The molecule has 6 heteroatoms. The zero-order valence-electron chi connectivity index (χ0n) is 16.4. The maximum Gasteiger partial charge on any atom is 0.223 e. The van der Waals surface area contributed by atoms with Crippen molar-refractivity contribution in [2.45, 2.75) is 26.2 Å². The number of nitrogens with one attached hydrogen (secondary N) is 1. The molecule has 0 spiro atoms. The van der Waals surface area contributed by atoms with Crippen molar-refractivity contribution in [3.05, 3.63) is 53.2 Å². The largest absolute Gasteiger partial charge is 0.496 e. The minimum atomic E-state index is 0.0361. The van der Waals surface area contributed by atoms with Crippen LogP contribution in [-0.4, -0.2) is 37.6 Å². The van der Waals surface area contributed by atoms with Crippen molar-refractivity contribution in [3.8, 4) is 11.8 Å². The van der Waals surface area contributed by atoms with Crippen molar-refractivity contribution in [1.29, 1.82) is 5.26 Å². The number of piperidine rings is 1. The van der Waals surface area contributed by atoms with E-state index in [2.05, 4.69) is 34.3 Å². The summed E-state index contributed by atoms with van der Waals surface area (Å²) in [5.74, 6) is 1.89. The molecular formula is C22H26N4O2. The van der Waals surface area contributed by atoms with Crippen LogP contribution in [0.5, 0.6) is 5.75 Å². The predicted molar refractivity (Wildman–Crippen MR) is 108 cm³/mol. The van der Waals surface area contributed by atoms with Crippen LogP contribution < -0.4 is 15.0 Å². The molecule has 1 aromatic carbocycles. The number of nitriles is 1. The fraction of sp³-hybridized carbons (Fsp3) is 0.409. The molecule has 1 aliphatic rings. The third kappa shape index (κ3) is 4.80. The third-order valence-corrected chi connectivity index (χ3v) is 5.20. The van der Waals surface area contributed by atoms with Crippen LogP contribution in [0.2, 0.25) is 0 Å². The summed E-state index contributed by atoms with van der Waals surface area (Å²) in [5, 5.41) is 11.9. The van der Waals surface area contributed by atoms with Crippen LogP contribution in [0.4, 0.5) is 5.82 Å². The van der Waals surface area contributed by atoms with Gasteiger partial charge in [-0.05, 0) is 49.9 Å². The highest BCUT2D eigenvalue weighted by molar-refractivity contribution is 5.79. The number of carbonyl (C=O) groups is 1. The van der Waals surface area contributed by atoms with Gasteiger partial charge in [0.25, 0.3) is 0 Å². The second-order valence-corrected chi connectivity index (χ2v) is 7.13. The van der Waals surface area contributed by atoms with Crippen LogP contribution >= 0.6 is 0 Å². The fourth-order valence-corrected chi connectivity index (χ4v) is 3.58. The number of benzene rings is 1. The Labute approximate surface area is 166 Å². The molecule has 28 heavy (non-hydrogen) atoms. The summed E-state index contributed by atoms with van der Waals surface area (Å²) in [6.45, 7) is 4.25. The monoisotopic (exact) mass is 378 g/mol. The average Bonchev–Trinajstić information content (AvgIpc) is 2.74. The molecule has 3 rings (SSSR count). The number of aryl methyl sites for hydroxylation is 1. The molecule has 0 atom stereocenters. The lowest BCUT2D eigenvalue weighted by Crippen LogP contribution is -2.41. The van der Waals surface area contributed by atoms with Crippen LogP contribution in [0, 0.1) is 24.2 Å². The average molecular weight is 378 g/mol. The molecule has 1 saturated heterocycles. The van der Waals surface area contributed by atoms with Gasteiger partial charge >= 0.3 is 0 Å². The standard InChI is InChI=1S/C22H26N4O2/c1-16-3-5-20(28-2)19(13-16)7-10-24-22(27)18-8-11-26(12-9-18)21-6-4-17(14-23)15-25-21/h3-6,13,15,18H,7-12H2,1-2H3,(H,24,27). The third-order valence-electron chi connectivity index (χ3n) is 5.20. The van der Waals surface area contributed by atoms with Crippen LogP contribution in [0.3, 0.4) is 0 Å². The predicted octanol–water partition coefficient (Wildman–Crippen LogP) is 2.85. The molecular weight excluding hydrogens is 352 g/mol. The Bertz CT molecular complexity index is 850. The Morgan fingerprint density at radius 2 is 2.11 bits per heavy atom. The van der Waals surface area contributed by atoms with Crippen LogP contribution in [0.25, 0.3) is 0 Å². The summed E-state index contributed by atoms with van der Waals surface area (Å²) in [5.41, 5.74) is 2.86. The van der Waals surface area contributed by atoms with Gasteiger partial charge in [0, 0.05) is 31.7 Å². The molecule has 0 aliphatic carbocycles. The summed E-state index contributed by atoms with van der Waals surface area (Å²) in [7, 11) is 1.67. The van der Waals surface area contributed by atoms with Gasteiger partial charge in [0.15, 0.2) is 0 Å². The number of rotatable bonds is 6. The van der Waals surface area contributed by atoms with E-state index in [-0.39, 0.29) is 11.8 Å². The molecule has 0 radical (unpaired) electrons. The molecule has 1 aliphatic heterocycles. The number of ether oxygens (including phenoxy) is 1. The topological polar surface area (TPSA) is 78.2 Å². The van der Waals surface area contributed by atoms with E-state index in [0.717, 1.165) is 49.5 Å². The van der Waals surface area contributed by atoms with Gasteiger partial charge in [-0.15, -0.1) is 0 Å². The highest BCUT2D eigenvalue weighted by Gasteiger charge is 2.25. The Hall–Kier alpha value is -3.07. The summed E-state index contributed by atoms with van der Waals surface area (Å²) >= 11 is 0. The molecule has 1 N–H and O–H groups in total. The number of amides is 1. The maximum absolute atomic E-state index is 12.5. The van der Waals surface area contributed by atoms with Gasteiger partial charge < -0.3 is 15.0 Å². The van der Waals surface area contributed by atoms with E-state index in [1.54, 1.807) is 19.4 Å². The lowest BCUT2D eigenvalue weighted by Gasteiger charge is -2.32. The Balaban J connectivity index is 1.46. The molecule has 0 saturated carbocycles. The van der Waals surface area contributed by atoms with Crippen LogP contribution in [0.1, 0.15) is 29.5 Å². The lowest BCUT2D eigenvalue weighted by molar-refractivity contribution is -0.125. The van der Waals surface area contributed by atoms with Gasteiger partial charge in [-0.1, -0.05) is 17.7 Å². The number of hydrogen-bond acceptors (Lipinski definition) is 5. The Kier molecular flexibility index (Phi) is 6.49. The van der Waals surface area contributed by atoms with E-state index in [0.29, 0.717) is 12.1 Å². The van der Waals surface area contributed by atoms with E-state index < -0.39 is 0 Å². The van der Waals surface area contributed by atoms with Crippen molar-refractivity contribution in [2.24, 2.45) is 5.92 Å². The van der Waals surface area contributed by atoms with Crippen LogP contribution in [0.15, 0.2) is 36.5 Å². The summed E-state index contributed by atoms with van der Waals surface area (Å²) in [6.07, 6.45) is 3.96. The van der Waals surface area contributed by atoms with E-state index >= 15 is 0 Å². The van der Waals surface area contributed by atoms with Crippen LogP contribution in [-0.2, 0) is 11.2 Å². The van der Waals surface area contributed by atoms with Crippen molar-refractivity contribution in [2.75, 3.05) is 31.6 Å². The zero-order valence-corrected chi connectivity index (χ0v) is 16.4. The second-order valence-electron chi connectivity index (χ2n) is 7.13. The summed E-state index contributed by atoms with van der Waals surface area (Å²) in [4.78, 5) is 19.0. The highest BCUT2D eigenvalue weighted by Crippen LogP contribution is 2.23. The number of methoxy groups -OCH3 is 1. The van der Waals surface area contributed by atoms with Gasteiger partial charge in [0.1, 0.15) is 17.6 Å². The number of hydrogen-bond donors (Lipinski definition) is 1. The normalized spacial score (nSPS) is 14.4. The van der Waals surface area contributed by atoms with Gasteiger partial charge in [-0.3, -0.25) is 4.79 Å². The number of pyridine rings is 1. The number of aromatic nitrogens is 1. The quantitative estimate of drug-likeness (QED) is 0.836. The molecule has 2 heterocycles. The molecule has 146 valence electrons. The first-order chi connectivity index (χ1) is 13.6. The maximum atomic E-state index is 12.5. The van der Waals surface area contributed by atoms with E-state index in [1.807, 2.05) is 18.2 Å². The van der Waals surface area contributed by atoms with Gasteiger partial charge in [0.05, 0.1) is 12.7 Å². The smallest absolute Gasteiger partial charge is 0.223 e. The van der Waals surface area contributed by atoms with E-state index in [1.165, 1.54) is 5.56 Å². The number of carbonyl (C=O) groups excluding carboxylic acids is 1. The minimum Gasteiger partial charge on any atom is -0.496 e. The second kappa shape index (κ2) is 9.23. The molecule has 6 nitrogen and oxygen atoms in total. The lowest BCUT2D eigenvalue weighted by atomic mass is 9.95. The van der Waals surface area contributed by atoms with Gasteiger partial charge in [-0.2, -0.15) is 5.26 Å². The Morgan fingerprint density at radius 1 is 1.32 bits per heavy atom. The Morgan fingerprint density at radius 3 is 2.75 bits per heavy atom. The SMILES string of the molecule is COc1ccc(C)cc1CCNC(=O)C1CCN(c2ccc(C#N)cn2)CC1.